The summed E-state index contributed by atoms with van der Waals surface area (Å²) in [5, 5.41) is 2.85. The van der Waals surface area contributed by atoms with E-state index in [4.69, 9.17) is 4.74 Å². The number of amides is 1. The number of benzene rings is 1. The van der Waals surface area contributed by atoms with Gasteiger partial charge in [-0.2, -0.15) is 0 Å². The SMILES string of the molecule is CCCNC(=O)CN(C)CCOc1ccccc1. The van der Waals surface area contributed by atoms with Crippen molar-refractivity contribution in [2.75, 3.05) is 33.3 Å². The average Bonchev–Trinajstić information content (AvgIpc) is 2.37. The van der Waals surface area contributed by atoms with Gasteiger partial charge in [0.1, 0.15) is 12.4 Å². The molecular weight excluding hydrogens is 228 g/mol. The molecule has 0 bridgehead atoms. The lowest BCUT2D eigenvalue weighted by molar-refractivity contribution is -0.122. The van der Waals surface area contributed by atoms with Crippen molar-refractivity contribution in [1.82, 2.24) is 10.2 Å². The molecule has 0 fully saturated rings. The Bertz CT molecular complexity index is 341. The van der Waals surface area contributed by atoms with Gasteiger partial charge in [-0.3, -0.25) is 9.69 Å². The lowest BCUT2D eigenvalue weighted by Crippen LogP contribution is -2.37. The minimum Gasteiger partial charge on any atom is -0.492 e. The average molecular weight is 250 g/mol. The zero-order valence-corrected chi connectivity index (χ0v) is 11.2. The second-order valence-electron chi connectivity index (χ2n) is 4.25. The maximum absolute atomic E-state index is 11.5. The van der Waals surface area contributed by atoms with E-state index >= 15 is 0 Å². The van der Waals surface area contributed by atoms with E-state index in [9.17, 15) is 4.79 Å². The highest BCUT2D eigenvalue weighted by molar-refractivity contribution is 5.77. The summed E-state index contributed by atoms with van der Waals surface area (Å²) in [6.45, 7) is 4.51. The van der Waals surface area contributed by atoms with Gasteiger partial charge in [0, 0.05) is 13.1 Å². The van der Waals surface area contributed by atoms with E-state index in [2.05, 4.69) is 5.32 Å². The number of rotatable bonds is 8. The standard InChI is InChI=1S/C14H22N2O2/c1-3-9-15-14(17)12-16(2)10-11-18-13-7-5-4-6-8-13/h4-8H,3,9-12H2,1-2H3,(H,15,17). The third-order valence-electron chi connectivity index (χ3n) is 2.47. The Morgan fingerprint density at radius 1 is 1.33 bits per heavy atom. The molecule has 0 aromatic heterocycles. The fourth-order valence-electron chi connectivity index (χ4n) is 1.48. The molecule has 1 amide bonds. The van der Waals surface area contributed by atoms with Gasteiger partial charge in [-0.05, 0) is 25.6 Å². The molecule has 0 heterocycles. The van der Waals surface area contributed by atoms with Crippen LogP contribution in [-0.4, -0.2) is 44.1 Å². The minimum atomic E-state index is 0.0686. The van der Waals surface area contributed by atoms with Gasteiger partial charge in [0.2, 0.25) is 5.91 Å². The van der Waals surface area contributed by atoms with E-state index < -0.39 is 0 Å². The molecule has 1 aromatic carbocycles. The Morgan fingerprint density at radius 2 is 2.06 bits per heavy atom. The molecular formula is C14H22N2O2. The van der Waals surface area contributed by atoms with Gasteiger partial charge in [-0.25, -0.2) is 0 Å². The number of para-hydroxylation sites is 1. The number of hydrogen-bond acceptors (Lipinski definition) is 3. The molecule has 1 aromatic rings. The van der Waals surface area contributed by atoms with E-state index in [0.717, 1.165) is 25.3 Å². The Kier molecular flexibility index (Phi) is 6.87. The highest BCUT2D eigenvalue weighted by atomic mass is 16.5. The summed E-state index contributed by atoms with van der Waals surface area (Å²) in [6.07, 6.45) is 0.965. The van der Waals surface area contributed by atoms with Crippen LogP contribution in [0.1, 0.15) is 13.3 Å². The molecule has 0 aliphatic rings. The van der Waals surface area contributed by atoms with Crippen LogP contribution >= 0.6 is 0 Å². The number of nitrogens with zero attached hydrogens (tertiary/aromatic N) is 1. The summed E-state index contributed by atoms with van der Waals surface area (Å²) in [4.78, 5) is 13.4. The highest BCUT2D eigenvalue weighted by Gasteiger charge is 2.05. The molecule has 100 valence electrons. The van der Waals surface area contributed by atoms with Gasteiger partial charge >= 0.3 is 0 Å². The molecule has 0 atom stereocenters. The van der Waals surface area contributed by atoms with Crippen LogP contribution in [0.25, 0.3) is 0 Å². The summed E-state index contributed by atoms with van der Waals surface area (Å²) in [7, 11) is 1.92. The third kappa shape index (κ3) is 6.25. The first-order valence-corrected chi connectivity index (χ1v) is 6.35. The van der Waals surface area contributed by atoms with Crippen molar-refractivity contribution in [3.8, 4) is 5.75 Å². The van der Waals surface area contributed by atoms with E-state index in [1.54, 1.807) is 0 Å². The van der Waals surface area contributed by atoms with Crippen molar-refractivity contribution in [2.45, 2.75) is 13.3 Å². The topological polar surface area (TPSA) is 41.6 Å². The molecule has 0 aliphatic heterocycles. The van der Waals surface area contributed by atoms with Crippen LogP contribution < -0.4 is 10.1 Å². The first-order chi connectivity index (χ1) is 8.72. The summed E-state index contributed by atoms with van der Waals surface area (Å²) in [5.74, 6) is 0.931. The van der Waals surface area contributed by atoms with Crippen molar-refractivity contribution in [3.63, 3.8) is 0 Å². The fraction of sp³-hybridized carbons (Fsp3) is 0.500. The number of carbonyl (C=O) groups excluding carboxylic acids is 1. The maximum Gasteiger partial charge on any atom is 0.234 e. The number of ether oxygens (including phenoxy) is 1. The smallest absolute Gasteiger partial charge is 0.234 e. The number of hydrogen-bond donors (Lipinski definition) is 1. The van der Waals surface area contributed by atoms with Crippen LogP contribution in [-0.2, 0) is 4.79 Å². The molecule has 0 saturated heterocycles. The van der Waals surface area contributed by atoms with E-state index in [0.29, 0.717) is 13.2 Å². The first kappa shape index (κ1) is 14.5. The highest BCUT2D eigenvalue weighted by Crippen LogP contribution is 2.07. The van der Waals surface area contributed by atoms with Crippen LogP contribution in [0, 0.1) is 0 Å². The summed E-state index contributed by atoms with van der Waals surface area (Å²) >= 11 is 0. The monoisotopic (exact) mass is 250 g/mol. The molecule has 0 aliphatic carbocycles. The van der Waals surface area contributed by atoms with Crippen LogP contribution in [0.3, 0.4) is 0 Å². The van der Waals surface area contributed by atoms with Crippen molar-refractivity contribution < 1.29 is 9.53 Å². The molecule has 0 spiro atoms. The van der Waals surface area contributed by atoms with Crippen molar-refractivity contribution in [2.24, 2.45) is 0 Å². The molecule has 18 heavy (non-hydrogen) atoms. The molecule has 4 heteroatoms. The van der Waals surface area contributed by atoms with Crippen LogP contribution in [0.15, 0.2) is 30.3 Å². The Morgan fingerprint density at radius 3 is 2.72 bits per heavy atom. The predicted molar refractivity (Wildman–Crippen MR) is 72.7 cm³/mol. The maximum atomic E-state index is 11.5. The number of carbonyl (C=O) groups is 1. The summed E-state index contributed by atoms with van der Waals surface area (Å²) < 4.78 is 5.57. The van der Waals surface area contributed by atoms with E-state index in [-0.39, 0.29) is 5.91 Å². The second-order valence-corrected chi connectivity index (χ2v) is 4.25. The predicted octanol–water partition coefficient (Wildman–Crippen LogP) is 1.52. The number of nitrogens with one attached hydrogen (secondary N) is 1. The largest absolute Gasteiger partial charge is 0.492 e. The minimum absolute atomic E-state index is 0.0686. The zero-order chi connectivity index (χ0) is 13.2. The molecule has 1 rings (SSSR count). The van der Waals surface area contributed by atoms with E-state index in [1.807, 2.05) is 49.2 Å². The molecule has 0 radical (unpaired) electrons. The van der Waals surface area contributed by atoms with Crippen LogP contribution in [0.5, 0.6) is 5.75 Å². The van der Waals surface area contributed by atoms with Crippen molar-refractivity contribution >= 4 is 5.91 Å². The normalized spacial score (nSPS) is 10.4. The quantitative estimate of drug-likeness (QED) is 0.760. The molecule has 4 nitrogen and oxygen atoms in total. The van der Waals surface area contributed by atoms with Crippen molar-refractivity contribution in [3.05, 3.63) is 30.3 Å². The lowest BCUT2D eigenvalue weighted by atomic mass is 10.3. The summed E-state index contributed by atoms with van der Waals surface area (Å²) in [5.41, 5.74) is 0. The van der Waals surface area contributed by atoms with Gasteiger partial charge in [-0.15, -0.1) is 0 Å². The molecule has 1 N–H and O–H groups in total. The first-order valence-electron chi connectivity index (χ1n) is 6.35. The van der Waals surface area contributed by atoms with E-state index in [1.165, 1.54) is 0 Å². The number of likely N-dealkylation sites (N-methyl/N-ethyl adjacent to an activating group) is 1. The summed E-state index contributed by atoms with van der Waals surface area (Å²) in [6, 6.07) is 9.69. The van der Waals surface area contributed by atoms with Gasteiger partial charge < -0.3 is 10.1 Å². The Hall–Kier alpha value is -1.55. The fourth-order valence-corrected chi connectivity index (χ4v) is 1.48. The molecule has 0 saturated carbocycles. The van der Waals surface area contributed by atoms with Crippen LogP contribution in [0.4, 0.5) is 0 Å². The third-order valence-corrected chi connectivity index (χ3v) is 2.47. The lowest BCUT2D eigenvalue weighted by Gasteiger charge is -2.16. The zero-order valence-electron chi connectivity index (χ0n) is 11.2. The van der Waals surface area contributed by atoms with Crippen LogP contribution in [0.2, 0.25) is 0 Å². The van der Waals surface area contributed by atoms with Crippen molar-refractivity contribution in [1.29, 1.82) is 0 Å². The van der Waals surface area contributed by atoms with Gasteiger partial charge in [0.25, 0.3) is 0 Å². The Balaban J connectivity index is 2.13. The van der Waals surface area contributed by atoms with Gasteiger partial charge in [0.05, 0.1) is 6.54 Å². The van der Waals surface area contributed by atoms with Gasteiger partial charge in [0.15, 0.2) is 0 Å². The van der Waals surface area contributed by atoms with Gasteiger partial charge in [-0.1, -0.05) is 25.1 Å². The molecule has 0 unspecified atom stereocenters. The Labute approximate surface area is 109 Å². The second kappa shape index (κ2) is 8.53.